The maximum atomic E-state index is 11.9. The molecule has 1 amide bonds. The second kappa shape index (κ2) is 12.3. The molecule has 0 fully saturated rings. The maximum Gasteiger partial charge on any atom is 0.407 e. The number of rotatable bonds is 11. The zero-order valence-electron chi connectivity index (χ0n) is 14.6. The second-order valence-corrected chi connectivity index (χ2v) is 8.25. The summed E-state index contributed by atoms with van der Waals surface area (Å²) in [7, 11) is 3.16. The third-order valence-corrected chi connectivity index (χ3v) is 5.81. The molecule has 0 bridgehead atoms. The van der Waals surface area contributed by atoms with Crippen LogP contribution in [0.1, 0.15) is 25.3 Å². The Labute approximate surface area is 160 Å². The topological polar surface area (TPSA) is 124 Å². The summed E-state index contributed by atoms with van der Waals surface area (Å²) in [4.78, 5) is 25.5. The lowest BCUT2D eigenvalue weighted by atomic mass is 10.0. The Bertz CT molecular complexity index is 653. The Morgan fingerprint density at radius 2 is 2.12 bits per heavy atom. The number of hydrogen-bond acceptors (Lipinski definition) is 6. The molecule has 1 aromatic rings. The number of aliphatic carboxylic acids is 1. The van der Waals surface area contributed by atoms with Gasteiger partial charge in [0.2, 0.25) is 0 Å². The molecule has 0 spiro atoms. The first-order valence-corrected chi connectivity index (χ1v) is 10.6. The van der Waals surface area contributed by atoms with Gasteiger partial charge in [0.05, 0.1) is 5.92 Å². The number of carbonyl (C=O) groups excluding carboxylic acids is 1. The van der Waals surface area contributed by atoms with E-state index >= 15 is 0 Å². The molecule has 0 heterocycles. The van der Waals surface area contributed by atoms with E-state index in [1.165, 1.54) is 0 Å². The Hall–Kier alpha value is -2.03. The number of carboxylic acids is 1. The first-order chi connectivity index (χ1) is 12.5. The number of azide groups is 1. The minimum Gasteiger partial charge on any atom is -0.481 e. The third kappa shape index (κ3) is 8.37. The van der Waals surface area contributed by atoms with Crippen LogP contribution in [0.3, 0.4) is 0 Å². The van der Waals surface area contributed by atoms with Crippen LogP contribution in [0.4, 0.5) is 10.5 Å². The summed E-state index contributed by atoms with van der Waals surface area (Å²) in [5, 5.41) is 15.3. The molecule has 26 heavy (non-hydrogen) atoms. The molecule has 1 rings (SSSR count). The molecule has 2 N–H and O–H groups in total. The zero-order valence-corrected chi connectivity index (χ0v) is 16.3. The molecular formula is C16H22N4O4S2. The molecule has 0 saturated heterocycles. The van der Waals surface area contributed by atoms with Gasteiger partial charge in [0.1, 0.15) is 6.61 Å². The van der Waals surface area contributed by atoms with Gasteiger partial charge in [-0.15, -0.1) is 0 Å². The molecule has 10 heteroatoms. The van der Waals surface area contributed by atoms with Gasteiger partial charge in [-0.3, -0.25) is 4.79 Å². The van der Waals surface area contributed by atoms with Gasteiger partial charge in [-0.1, -0.05) is 57.9 Å². The van der Waals surface area contributed by atoms with Crippen molar-refractivity contribution in [2.75, 3.05) is 12.8 Å². The number of carbonyl (C=O) groups is 2. The monoisotopic (exact) mass is 398 g/mol. The van der Waals surface area contributed by atoms with Gasteiger partial charge in [-0.25, -0.2) is 4.79 Å². The SMILES string of the molecule is CSS[C@@H](CC[C@H](C)C(=O)O)CNC(=O)OCc1ccccc1N=[N+]=[N-]. The number of hydrogen-bond donors (Lipinski definition) is 2. The van der Waals surface area contributed by atoms with Crippen LogP contribution in [0.5, 0.6) is 0 Å². The van der Waals surface area contributed by atoms with Gasteiger partial charge >= 0.3 is 12.1 Å². The van der Waals surface area contributed by atoms with Crippen molar-refractivity contribution in [1.82, 2.24) is 5.32 Å². The van der Waals surface area contributed by atoms with E-state index in [1.54, 1.807) is 52.8 Å². The van der Waals surface area contributed by atoms with Crippen molar-refractivity contribution in [3.05, 3.63) is 40.3 Å². The van der Waals surface area contributed by atoms with Crippen molar-refractivity contribution in [2.45, 2.75) is 31.6 Å². The number of carboxylic acid groups (broad SMARTS) is 1. The molecule has 0 aliphatic heterocycles. The van der Waals surface area contributed by atoms with Gasteiger partial charge in [0.15, 0.2) is 0 Å². The molecular weight excluding hydrogens is 376 g/mol. The lowest BCUT2D eigenvalue weighted by molar-refractivity contribution is -0.141. The predicted octanol–water partition coefficient (Wildman–Crippen LogP) is 4.74. The van der Waals surface area contributed by atoms with E-state index in [2.05, 4.69) is 15.3 Å². The van der Waals surface area contributed by atoms with Crippen LogP contribution in [0.15, 0.2) is 29.4 Å². The molecule has 0 aromatic heterocycles. The first-order valence-electron chi connectivity index (χ1n) is 7.93. The summed E-state index contributed by atoms with van der Waals surface area (Å²) in [6.45, 7) is 2.05. The van der Waals surface area contributed by atoms with Crippen molar-refractivity contribution >= 4 is 39.3 Å². The van der Waals surface area contributed by atoms with E-state index in [1.807, 2.05) is 6.26 Å². The Morgan fingerprint density at radius 1 is 1.38 bits per heavy atom. The van der Waals surface area contributed by atoms with Crippen LogP contribution in [0.2, 0.25) is 0 Å². The summed E-state index contributed by atoms with van der Waals surface area (Å²) in [5.41, 5.74) is 9.57. The minimum atomic E-state index is -0.816. The smallest absolute Gasteiger partial charge is 0.407 e. The fourth-order valence-electron chi connectivity index (χ4n) is 2.05. The van der Waals surface area contributed by atoms with Crippen molar-refractivity contribution in [2.24, 2.45) is 11.0 Å². The minimum absolute atomic E-state index is 0.00257. The molecule has 0 aliphatic rings. The molecule has 0 aliphatic carbocycles. The second-order valence-electron chi connectivity index (χ2n) is 5.48. The van der Waals surface area contributed by atoms with E-state index in [0.717, 1.165) is 0 Å². The molecule has 0 radical (unpaired) electrons. The number of nitrogens with one attached hydrogen (secondary N) is 1. The van der Waals surface area contributed by atoms with Crippen LogP contribution >= 0.6 is 21.6 Å². The van der Waals surface area contributed by atoms with E-state index in [0.29, 0.717) is 30.6 Å². The highest BCUT2D eigenvalue weighted by Crippen LogP contribution is 2.28. The lowest BCUT2D eigenvalue weighted by Gasteiger charge is -2.17. The molecule has 2 atom stereocenters. The molecule has 8 nitrogen and oxygen atoms in total. The van der Waals surface area contributed by atoms with Gasteiger partial charge in [0.25, 0.3) is 0 Å². The molecule has 0 unspecified atom stereocenters. The van der Waals surface area contributed by atoms with Gasteiger partial charge in [0, 0.05) is 22.4 Å². The van der Waals surface area contributed by atoms with Gasteiger partial charge in [-0.05, 0) is 30.2 Å². The van der Waals surface area contributed by atoms with Gasteiger partial charge < -0.3 is 15.2 Å². The fourth-order valence-corrected chi connectivity index (χ4v) is 4.01. The number of amides is 1. The normalized spacial score (nSPS) is 12.5. The average Bonchev–Trinajstić information content (AvgIpc) is 2.63. The lowest BCUT2D eigenvalue weighted by Crippen LogP contribution is -2.31. The van der Waals surface area contributed by atoms with Crippen molar-refractivity contribution in [1.29, 1.82) is 0 Å². The van der Waals surface area contributed by atoms with E-state index in [9.17, 15) is 9.59 Å². The van der Waals surface area contributed by atoms with Crippen molar-refractivity contribution < 1.29 is 19.4 Å². The Morgan fingerprint density at radius 3 is 2.77 bits per heavy atom. The number of alkyl carbamates (subject to hydrolysis) is 1. The summed E-state index contributed by atoms with van der Waals surface area (Å²) < 4.78 is 5.16. The standard InChI is InChI=1S/C16H22N4O4S2/c1-11(15(21)22)7-8-13(26-25-2)9-18-16(23)24-10-12-5-3-4-6-14(12)19-20-17/h3-6,11,13H,7-10H2,1-2H3,(H,18,23)(H,21,22)/t11-,13-/m0/s1. The van der Waals surface area contributed by atoms with E-state index < -0.39 is 18.0 Å². The molecule has 142 valence electrons. The highest BCUT2D eigenvalue weighted by molar-refractivity contribution is 8.76. The zero-order chi connectivity index (χ0) is 19.4. The van der Waals surface area contributed by atoms with Crippen LogP contribution < -0.4 is 5.32 Å². The van der Waals surface area contributed by atoms with Crippen LogP contribution in [0, 0.1) is 5.92 Å². The largest absolute Gasteiger partial charge is 0.481 e. The van der Waals surface area contributed by atoms with E-state index in [4.69, 9.17) is 15.4 Å². The predicted molar refractivity (Wildman–Crippen MR) is 104 cm³/mol. The van der Waals surface area contributed by atoms with Crippen molar-refractivity contribution in [3.8, 4) is 0 Å². The Kier molecular flexibility index (Phi) is 10.5. The maximum absolute atomic E-state index is 11.9. The van der Waals surface area contributed by atoms with Crippen LogP contribution in [-0.4, -0.2) is 35.2 Å². The van der Waals surface area contributed by atoms with Crippen LogP contribution in [0.25, 0.3) is 10.4 Å². The first kappa shape index (κ1) is 22.0. The molecule has 0 saturated carbocycles. The fraction of sp³-hybridized carbons (Fsp3) is 0.500. The average molecular weight is 399 g/mol. The van der Waals surface area contributed by atoms with E-state index in [-0.39, 0.29) is 11.9 Å². The third-order valence-electron chi connectivity index (χ3n) is 3.55. The summed E-state index contributed by atoms with van der Waals surface area (Å²) in [6.07, 6.45) is 2.59. The summed E-state index contributed by atoms with van der Waals surface area (Å²) >= 11 is 0. The number of benzene rings is 1. The number of nitrogens with zero attached hydrogens (tertiary/aromatic N) is 3. The van der Waals surface area contributed by atoms with Crippen LogP contribution in [-0.2, 0) is 16.1 Å². The molecule has 1 aromatic carbocycles. The van der Waals surface area contributed by atoms with Crippen molar-refractivity contribution in [3.63, 3.8) is 0 Å². The summed E-state index contributed by atoms with van der Waals surface area (Å²) in [5.74, 6) is -1.23. The quantitative estimate of drug-likeness (QED) is 0.240. The highest BCUT2D eigenvalue weighted by Gasteiger charge is 2.17. The highest BCUT2D eigenvalue weighted by atomic mass is 33.1. The number of ether oxygens (including phenoxy) is 1. The Balaban J connectivity index is 2.45. The summed E-state index contributed by atoms with van der Waals surface area (Å²) in [6, 6.07) is 6.86. The van der Waals surface area contributed by atoms with Gasteiger partial charge in [-0.2, -0.15) is 0 Å².